The van der Waals surface area contributed by atoms with Gasteiger partial charge < -0.3 is 15.4 Å². The lowest BCUT2D eigenvalue weighted by atomic mass is 10.2. The monoisotopic (exact) mass is 392 g/mol. The summed E-state index contributed by atoms with van der Waals surface area (Å²) in [5.41, 5.74) is 2.23. The molecule has 0 unspecified atom stereocenters. The molecule has 1 amide bonds. The Kier molecular flexibility index (Phi) is 6.72. The van der Waals surface area contributed by atoms with Gasteiger partial charge in [0.1, 0.15) is 12.4 Å². The first-order valence-corrected chi connectivity index (χ1v) is 9.00. The van der Waals surface area contributed by atoms with Crippen molar-refractivity contribution in [2.24, 2.45) is 0 Å². The zero-order valence-corrected chi connectivity index (χ0v) is 15.6. The van der Waals surface area contributed by atoms with Crippen molar-refractivity contribution in [1.29, 1.82) is 0 Å². The molecule has 0 aliphatic heterocycles. The lowest BCUT2D eigenvalue weighted by Crippen LogP contribution is -2.28. The number of carbonyl (C=O) groups excluding carboxylic acids is 1. The van der Waals surface area contributed by atoms with Crippen molar-refractivity contribution < 1.29 is 14.5 Å². The van der Waals surface area contributed by atoms with Crippen molar-refractivity contribution >= 4 is 17.3 Å². The SMILES string of the molecule is O=C(NCCNc1ccc([N+](=O)[O-])cc1)c1cccc(OCc2cccnc2)c1. The van der Waals surface area contributed by atoms with Gasteiger partial charge in [0.15, 0.2) is 0 Å². The Hall–Kier alpha value is -3.94. The van der Waals surface area contributed by atoms with E-state index in [0.29, 0.717) is 31.0 Å². The Morgan fingerprint density at radius 2 is 1.90 bits per heavy atom. The highest BCUT2D eigenvalue weighted by molar-refractivity contribution is 5.94. The maximum Gasteiger partial charge on any atom is 0.269 e. The van der Waals surface area contributed by atoms with E-state index in [2.05, 4.69) is 15.6 Å². The average molecular weight is 392 g/mol. The molecule has 0 spiro atoms. The molecule has 0 radical (unpaired) electrons. The highest BCUT2D eigenvalue weighted by atomic mass is 16.6. The number of aromatic nitrogens is 1. The summed E-state index contributed by atoms with van der Waals surface area (Å²) in [6, 6.07) is 16.8. The predicted molar refractivity (Wildman–Crippen MR) is 109 cm³/mol. The molecule has 3 rings (SSSR count). The van der Waals surface area contributed by atoms with Gasteiger partial charge in [0.05, 0.1) is 4.92 Å². The number of hydrogen-bond donors (Lipinski definition) is 2. The number of nitro groups is 1. The van der Waals surface area contributed by atoms with Crippen LogP contribution in [0.1, 0.15) is 15.9 Å². The summed E-state index contributed by atoms with van der Waals surface area (Å²) >= 11 is 0. The number of rotatable bonds is 9. The second-order valence-electron chi connectivity index (χ2n) is 6.16. The van der Waals surface area contributed by atoms with E-state index in [1.54, 1.807) is 48.8 Å². The fourth-order valence-corrected chi connectivity index (χ4v) is 2.56. The molecule has 3 aromatic rings. The lowest BCUT2D eigenvalue weighted by molar-refractivity contribution is -0.384. The number of nitrogens with zero attached hydrogens (tertiary/aromatic N) is 2. The van der Waals surface area contributed by atoms with Gasteiger partial charge in [-0.05, 0) is 36.4 Å². The van der Waals surface area contributed by atoms with Crippen LogP contribution in [-0.4, -0.2) is 28.9 Å². The van der Waals surface area contributed by atoms with Crippen molar-refractivity contribution in [1.82, 2.24) is 10.3 Å². The molecule has 1 aromatic heterocycles. The topological polar surface area (TPSA) is 106 Å². The quantitative estimate of drug-likeness (QED) is 0.328. The van der Waals surface area contributed by atoms with Crippen LogP contribution in [0.3, 0.4) is 0 Å². The molecule has 0 atom stereocenters. The summed E-state index contributed by atoms with van der Waals surface area (Å²) in [5.74, 6) is 0.396. The van der Waals surface area contributed by atoms with E-state index in [9.17, 15) is 14.9 Å². The highest BCUT2D eigenvalue weighted by Gasteiger charge is 2.07. The van der Waals surface area contributed by atoms with Crippen LogP contribution in [0, 0.1) is 10.1 Å². The summed E-state index contributed by atoms with van der Waals surface area (Å²) in [5, 5.41) is 16.6. The largest absolute Gasteiger partial charge is 0.489 e. The first-order valence-electron chi connectivity index (χ1n) is 9.00. The van der Waals surface area contributed by atoms with Crippen molar-refractivity contribution in [2.45, 2.75) is 6.61 Å². The number of pyridine rings is 1. The minimum absolute atomic E-state index is 0.0366. The molecular weight excluding hydrogens is 372 g/mol. The van der Waals surface area contributed by atoms with Crippen LogP contribution < -0.4 is 15.4 Å². The fourth-order valence-electron chi connectivity index (χ4n) is 2.56. The first kappa shape index (κ1) is 19.8. The second-order valence-corrected chi connectivity index (χ2v) is 6.16. The van der Waals surface area contributed by atoms with Crippen LogP contribution in [0.25, 0.3) is 0 Å². The van der Waals surface area contributed by atoms with Crippen molar-refractivity contribution in [3.05, 3.63) is 94.3 Å². The lowest BCUT2D eigenvalue weighted by Gasteiger charge is -2.10. The van der Waals surface area contributed by atoms with Crippen LogP contribution in [-0.2, 0) is 6.61 Å². The fraction of sp³-hybridized carbons (Fsp3) is 0.143. The molecular formula is C21H20N4O4. The second kappa shape index (κ2) is 9.84. The molecule has 0 fully saturated rings. The third kappa shape index (κ3) is 6.03. The third-order valence-corrected chi connectivity index (χ3v) is 4.04. The van der Waals surface area contributed by atoms with Gasteiger partial charge in [-0.15, -0.1) is 0 Å². The number of benzene rings is 2. The molecule has 0 saturated carbocycles. The summed E-state index contributed by atoms with van der Waals surface area (Å²) < 4.78 is 5.71. The maximum atomic E-state index is 12.3. The molecule has 1 heterocycles. The molecule has 148 valence electrons. The number of carbonyl (C=O) groups is 1. The van der Waals surface area contributed by atoms with Crippen molar-refractivity contribution in [3.63, 3.8) is 0 Å². The number of non-ortho nitro benzene ring substituents is 1. The Labute approximate surface area is 167 Å². The Balaban J connectivity index is 1.45. The van der Waals surface area contributed by atoms with Gasteiger partial charge in [0.25, 0.3) is 11.6 Å². The summed E-state index contributed by atoms with van der Waals surface area (Å²) in [7, 11) is 0. The number of anilines is 1. The molecule has 0 aliphatic rings. The van der Waals surface area contributed by atoms with E-state index in [0.717, 1.165) is 11.3 Å². The Bertz CT molecular complexity index is 962. The molecule has 2 aromatic carbocycles. The van der Waals surface area contributed by atoms with Crippen molar-refractivity contribution in [3.8, 4) is 5.75 Å². The summed E-state index contributed by atoms with van der Waals surface area (Å²) in [4.78, 5) is 26.6. The number of hydrogen-bond acceptors (Lipinski definition) is 6. The third-order valence-electron chi connectivity index (χ3n) is 4.04. The van der Waals surface area contributed by atoms with E-state index in [1.807, 2.05) is 12.1 Å². The number of ether oxygens (including phenoxy) is 1. The molecule has 29 heavy (non-hydrogen) atoms. The van der Waals surface area contributed by atoms with E-state index in [1.165, 1.54) is 12.1 Å². The van der Waals surface area contributed by atoms with Gasteiger partial charge in [-0.1, -0.05) is 12.1 Å². The van der Waals surface area contributed by atoms with Crippen LogP contribution in [0.5, 0.6) is 5.75 Å². The standard InChI is InChI=1S/C21H20N4O4/c26-21(24-12-11-23-18-6-8-19(9-7-18)25(27)28)17-4-1-5-20(13-17)29-15-16-3-2-10-22-14-16/h1-10,13-14,23H,11-12,15H2,(H,24,26). The van der Waals surface area contributed by atoms with E-state index in [4.69, 9.17) is 4.74 Å². The first-order chi connectivity index (χ1) is 14.1. The molecule has 0 bridgehead atoms. The molecule has 8 nitrogen and oxygen atoms in total. The van der Waals surface area contributed by atoms with E-state index in [-0.39, 0.29) is 11.6 Å². The van der Waals surface area contributed by atoms with Crippen LogP contribution >= 0.6 is 0 Å². The predicted octanol–water partition coefficient (Wildman–Crippen LogP) is 3.41. The molecule has 8 heteroatoms. The zero-order valence-electron chi connectivity index (χ0n) is 15.6. The average Bonchev–Trinajstić information content (AvgIpc) is 2.76. The molecule has 0 aliphatic carbocycles. The number of nitro benzene ring substituents is 1. The molecule has 2 N–H and O–H groups in total. The number of amides is 1. The zero-order chi connectivity index (χ0) is 20.5. The van der Waals surface area contributed by atoms with Crippen molar-refractivity contribution in [2.75, 3.05) is 18.4 Å². The van der Waals surface area contributed by atoms with Gasteiger partial charge >= 0.3 is 0 Å². The summed E-state index contributed by atoms with van der Waals surface area (Å²) in [6.07, 6.45) is 3.43. The van der Waals surface area contributed by atoms with E-state index < -0.39 is 4.92 Å². The minimum Gasteiger partial charge on any atom is -0.489 e. The van der Waals surface area contributed by atoms with Crippen LogP contribution in [0.2, 0.25) is 0 Å². The summed E-state index contributed by atoms with van der Waals surface area (Å²) in [6.45, 7) is 1.26. The minimum atomic E-state index is -0.446. The van der Waals surface area contributed by atoms with Crippen LogP contribution in [0.15, 0.2) is 73.1 Å². The van der Waals surface area contributed by atoms with Gasteiger partial charge in [-0.3, -0.25) is 19.9 Å². The van der Waals surface area contributed by atoms with E-state index >= 15 is 0 Å². The van der Waals surface area contributed by atoms with Gasteiger partial charge in [-0.25, -0.2) is 0 Å². The normalized spacial score (nSPS) is 10.2. The number of nitrogens with one attached hydrogen (secondary N) is 2. The smallest absolute Gasteiger partial charge is 0.269 e. The van der Waals surface area contributed by atoms with Crippen LogP contribution in [0.4, 0.5) is 11.4 Å². The highest BCUT2D eigenvalue weighted by Crippen LogP contribution is 2.16. The van der Waals surface area contributed by atoms with Gasteiger partial charge in [-0.2, -0.15) is 0 Å². The van der Waals surface area contributed by atoms with Gasteiger partial charge in [0, 0.05) is 54.4 Å². The maximum absolute atomic E-state index is 12.3. The Morgan fingerprint density at radius 1 is 1.07 bits per heavy atom. The van der Waals surface area contributed by atoms with Gasteiger partial charge in [0.2, 0.25) is 0 Å². The molecule has 0 saturated heterocycles. The Morgan fingerprint density at radius 3 is 2.62 bits per heavy atom.